The SMILES string of the molecule is CCC(=NNc1cccc(NC(=O)c2ccc(OC[C@@H]3CCCO3)cc2)c1F)C(=O)O. The number of hydrogen-bond donors (Lipinski definition) is 3. The molecule has 0 spiro atoms. The van der Waals surface area contributed by atoms with E-state index in [-0.39, 0.29) is 29.6 Å². The molecule has 3 rings (SSSR count). The second-order valence-electron chi connectivity index (χ2n) is 6.92. The topological polar surface area (TPSA) is 109 Å². The summed E-state index contributed by atoms with van der Waals surface area (Å²) in [6.07, 6.45) is 2.28. The third kappa shape index (κ3) is 6.02. The number of nitrogens with one attached hydrogen (secondary N) is 2. The van der Waals surface area contributed by atoms with E-state index in [4.69, 9.17) is 14.6 Å². The highest BCUT2D eigenvalue weighted by atomic mass is 19.1. The maximum absolute atomic E-state index is 14.7. The molecule has 1 saturated heterocycles. The van der Waals surface area contributed by atoms with E-state index in [1.165, 1.54) is 18.2 Å². The smallest absolute Gasteiger partial charge is 0.352 e. The quantitative estimate of drug-likeness (QED) is 0.412. The van der Waals surface area contributed by atoms with Crippen molar-refractivity contribution < 1.29 is 28.6 Å². The van der Waals surface area contributed by atoms with Crippen LogP contribution in [0.15, 0.2) is 47.6 Å². The summed E-state index contributed by atoms with van der Waals surface area (Å²) >= 11 is 0. The third-order valence-electron chi connectivity index (χ3n) is 4.72. The molecule has 3 N–H and O–H groups in total. The number of hydrogen-bond acceptors (Lipinski definition) is 6. The van der Waals surface area contributed by atoms with Crippen LogP contribution in [-0.2, 0) is 9.53 Å². The second-order valence-corrected chi connectivity index (χ2v) is 6.92. The summed E-state index contributed by atoms with van der Waals surface area (Å²) in [4.78, 5) is 23.5. The lowest BCUT2D eigenvalue weighted by Gasteiger charge is -2.12. The molecule has 2 aromatic rings. The molecular weight excluding hydrogens is 405 g/mol. The summed E-state index contributed by atoms with van der Waals surface area (Å²) in [6, 6.07) is 10.8. The Morgan fingerprint density at radius 1 is 1.23 bits per heavy atom. The van der Waals surface area contributed by atoms with Gasteiger partial charge in [0.1, 0.15) is 18.1 Å². The summed E-state index contributed by atoms with van der Waals surface area (Å²) in [5, 5.41) is 15.2. The summed E-state index contributed by atoms with van der Waals surface area (Å²) in [5.41, 5.74) is 2.48. The Balaban J connectivity index is 1.62. The van der Waals surface area contributed by atoms with Crippen LogP contribution in [0.2, 0.25) is 0 Å². The number of ether oxygens (including phenoxy) is 2. The maximum atomic E-state index is 14.7. The van der Waals surface area contributed by atoms with Crippen molar-refractivity contribution in [2.75, 3.05) is 24.0 Å². The molecule has 1 aliphatic rings. The maximum Gasteiger partial charge on any atom is 0.352 e. The van der Waals surface area contributed by atoms with Crippen LogP contribution < -0.4 is 15.5 Å². The van der Waals surface area contributed by atoms with Crippen molar-refractivity contribution >= 4 is 29.0 Å². The average Bonchev–Trinajstić information content (AvgIpc) is 3.29. The summed E-state index contributed by atoms with van der Waals surface area (Å²) < 4.78 is 25.9. The molecule has 1 aliphatic heterocycles. The highest BCUT2D eigenvalue weighted by molar-refractivity contribution is 6.35. The Labute approximate surface area is 179 Å². The third-order valence-corrected chi connectivity index (χ3v) is 4.72. The highest BCUT2D eigenvalue weighted by Crippen LogP contribution is 2.23. The molecule has 1 atom stereocenters. The van der Waals surface area contributed by atoms with E-state index in [1.54, 1.807) is 31.2 Å². The van der Waals surface area contributed by atoms with Crippen molar-refractivity contribution in [3.05, 3.63) is 53.8 Å². The zero-order valence-corrected chi connectivity index (χ0v) is 17.1. The van der Waals surface area contributed by atoms with E-state index >= 15 is 0 Å². The van der Waals surface area contributed by atoms with Crippen molar-refractivity contribution in [2.24, 2.45) is 5.10 Å². The van der Waals surface area contributed by atoms with Crippen LogP contribution in [0.4, 0.5) is 15.8 Å². The molecule has 0 unspecified atom stereocenters. The predicted molar refractivity (Wildman–Crippen MR) is 114 cm³/mol. The highest BCUT2D eigenvalue weighted by Gasteiger charge is 2.16. The molecule has 1 heterocycles. The summed E-state index contributed by atoms with van der Waals surface area (Å²) in [7, 11) is 0. The fourth-order valence-electron chi connectivity index (χ4n) is 2.98. The van der Waals surface area contributed by atoms with Crippen LogP contribution >= 0.6 is 0 Å². The molecule has 0 radical (unpaired) electrons. The van der Waals surface area contributed by atoms with Gasteiger partial charge in [0.25, 0.3) is 5.91 Å². The van der Waals surface area contributed by atoms with Gasteiger partial charge in [0.15, 0.2) is 5.82 Å². The molecular formula is C22H24FN3O5. The molecule has 0 aliphatic carbocycles. The van der Waals surface area contributed by atoms with E-state index < -0.39 is 17.7 Å². The van der Waals surface area contributed by atoms with E-state index in [2.05, 4.69) is 15.8 Å². The number of carbonyl (C=O) groups excluding carboxylic acids is 1. The first-order valence-corrected chi connectivity index (χ1v) is 9.98. The van der Waals surface area contributed by atoms with Gasteiger partial charge in [-0.1, -0.05) is 13.0 Å². The van der Waals surface area contributed by atoms with Gasteiger partial charge in [0.2, 0.25) is 0 Å². The van der Waals surface area contributed by atoms with Crippen LogP contribution in [0.5, 0.6) is 5.75 Å². The first-order valence-electron chi connectivity index (χ1n) is 9.98. The lowest BCUT2D eigenvalue weighted by atomic mass is 10.2. The number of carbonyl (C=O) groups is 2. The second kappa shape index (κ2) is 10.5. The Morgan fingerprint density at radius 3 is 2.61 bits per heavy atom. The minimum Gasteiger partial charge on any atom is -0.491 e. The fourth-order valence-corrected chi connectivity index (χ4v) is 2.98. The van der Waals surface area contributed by atoms with Gasteiger partial charge in [-0.05, 0) is 55.7 Å². The normalized spacial score (nSPS) is 16.1. The Kier molecular flexibility index (Phi) is 7.55. The lowest BCUT2D eigenvalue weighted by Crippen LogP contribution is -2.16. The molecule has 164 valence electrons. The van der Waals surface area contributed by atoms with Crippen molar-refractivity contribution in [3.63, 3.8) is 0 Å². The van der Waals surface area contributed by atoms with Gasteiger partial charge in [0, 0.05) is 12.2 Å². The van der Waals surface area contributed by atoms with E-state index in [9.17, 15) is 14.0 Å². The number of benzene rings is 2. The number of carboxylic acid groups (broad SMARTS) is 1. The van der Waals surface area contributed by atoms with E-state index in [0.29, 0.717) is 17.9 Å². The Hall–Kier alpha value is -3.46. The average molecular weight is 429 g/mol. The van der Waals surface area contributed by atoms with Crippen LogP contribution in [0.3, 0.4) is 0 Å². The molecule has 9 heteroatoms. The van der Waals surface area contributed by atoms with Crippen molar-refractivity contribution in [1.29, 1.82) is 0 Å². The lowest BCUT2D eigenvalue weighted by molar-refractivity contribution is -0.129. The number of aliphatic carboxylic acids is 1. The number of hydrazone groups is 1. The van der Waals surface area contributed by atoms with Crippen LogP contribution in [0.1, 0.15) is 36.5 Å². The van der Waals surface area contributed by atoms with Crippen LogP contribution in [0, 0.1) is 5.82 Å². The standard InChI is InChI=1S/C22H24FN3O5/c1-2-17(22(28)29)25-26-19-7-3-6-18(20(19)23)24-21(27)14-8-10-15(11-9-14)31-13-16-5-4-12-30-16/h3,6-11,16,26H,2,4-5,12-13H2,1H3,(H,24,27)(H,28,29)/t16-/m0/s1. The van der Waals surface area contributed by atoms with Crippen LogP contribution in [0.25, 0.3) is 0 Å². The van der Waals surface area contributed by atoms with Gasteiger partial charge in [0.05, 0.1) is 17.5 Å². The van der Waals surface area contributed by atoms with Crippen molar-refractivity contribution in [2.45, 2.75) is 32.3 Å². The van der Waals surface area contributed by atoms with Gasteiger partial charge < -0.3 is 19.9 Å². The molecule has 2 aromatic carbocycles. The number of carboxylic acids is 1. The largest absolute Gasteiger partial charge is 0.491 e. The summed E-state index contributed by atoms with van der Waals surface area (Å²) in [5.74, 6) is -1.82. The monoisotopic (exact) mass is 429 g/mol. The number of amides is 1. The fraction of sp³-hybridized carbons (Fsp3) is 0.318. The van der Waals surface area contributed by atoms with Crippen molar-refractivity contribution in [1.82, 2.24) is 0 Å². The molecule has 31 heavy (non-hydrogen) atoms. The Bertz CT molecular complexity index is 956. The molecule has 8 nitrogen and oxygen atoms in total. The van der Waals surface area contributed by atoms with Gasteiger partial charge in [-0.25, -0.2) is 9.18 Å². The molecule has 1 fully saturated rings. The number of anilines is 2. The molecule has 0 saturated carbocycles. The van der Waals surface area contributed by atoms with Gasteiger partial charge in [-0.3, -0.25) is 10.2 Å². The number of halogens is 1. The van der Waals surface area contributed by atoms with Crippen LogP contribution in [-0.4, -0.2) is 42.0 Å². The van der Waals surface area contributed by atoms with E-state index in [0.717, 1.165) is 19.4 Å². The molecule has 0 aromatic heterocycles. The summed E-state index contributed by atoms with van der Waals surface area (Å²) in [6.45, 7) is 2.84. The predicted octanol–water partition coefficient (Wildman–Crippen LogP) is 3.90. The van der Waals surface area contributed by atoms with Crippen molar-refractivity contribution in [3.8, 4) is 5.75 Å². The zero-order chi connectivity index (χ0) is 22.2. The minimum atomic E-state index is -1.19. The van der Waals surface area contributed by atoms with Gasteiger partial charge >= 0.3 is 5.97 Å². The number of nitrogens with zero attached hydrogens (tertiary/aromatic N) is 1. The first kappa shape index (κ1) is 22.2. The van der Waals surface area contributed by atoms with Gasteiger partial charge in [-0.2, -0.15) is 5.10 Å². The molecule has 1 amide bonds. The van der Waals surface area contributed by atoms with Gasteiger partial charge in [-0.15, -0.1) is 0 Å². The zero-order valence-electron chi connectivity index (χ0n) is 17.1. The van der Waals surface area contributed by atoms with E-state index in [1.807, 2.05) is 0 Å². The molecule has 0 bridgehead atoms. The number of rotatable bonds is 9. The Morgan fingerprint density at radius 2 is 1.97 bits per heavy atom. The minimum absolute atomic E-state index is 0.0529. The first-order chi connectivity index (χ1) is 15.0.